The molecule has 2 aromatic carbocycles. The van der Waals surface area contributed by atoms with Crippen molar-refractivity contribution in [1.82, 2.24) is 9.99 Å². The van der Waals surface area contributed by atoms with Crippen LogP contribution in [0.2, 0.25) is 5.02 Å². The van der Waals surface area contributed by atoms with Gasteiger partial charge < -0.3 is 15.4 Å². The van der Waals surface area contributed by atoms with E-state index in [2.05, 4.69) is 32.0 Å². The second-order valence-electron chi connectivity index (χ2n) is 6.57. The molecule has 0 aliphatic carbocycles. The molecule has 0 saturated heterocycles. The fraction of sp³-hybridized carbons (Fsp3) is 0.190. The zero-order valence-electron chi connectivity index (χ0n) is 16.6. The van der Waals surface area contributed by atoms with Gasteiger partial charge in [0.2, 0.25) is 0 Å². The van der Waals surface area contributed by atoms with Crippen LogP contribution >= 0.6 is 27.5 Å². The second kappa shape index (κ2) is 10.4. The van der Waals surface area contributed by atoms with Crippen LogP contribution in [-0.2, 0) is 14.3 Å². The van der Waals surface area contributed by atoms with E-state index >= 15 is 0 Å². The molecule has 162 valence electrons. The van der Waals surface area contributed by atoms with Crippen LogP contribution < -0.4 is 16.1 Å². The van der Waals surface area contributed by atoms with Crippen LogP contribution in [-0.4, -0.2) is 42.7 Å². The number of halogens is 2. The van der Waals surface area contributed by atoms with Gasteiger partial charge in [0.1, 0.15) is 5.69 Å². The van der Waals surface area contributed by atoms with Gasteiger partial charge in [0.05, 0.1) is 5.52 Å². The van der Waals surface area contributed by atoms with Gasteiger partial charge in [-0.2, -0.15) is 0 Å². The summed E-state index contributed by atoms with van der Waals surface area (Å²) in [5.41, 5.74) is 3.76. The number of hydrogen-bond donors (Lipinski definition) is 3. The predicted octanol–water partition coefficient (Wildman–Crippen LogP) is 3.53. The van der Waals surface area contributed by atoms with Gasteiger partial charge in [-0.1, -0.05) is 27.5 Å². The number of carbonyl (C=O) groups excluding carboxylic acids is 3. The van der Waals surface area contributed by atoms with E-state index in [9.17, 15) is 14.4 Å². The van der Waals surface area contributed by atoms with Crippen molar-refractivity contribution in [2.75, 3.05) is 31.0 Å². The van der Waals surface area contributed by atoms with Gasteiger partial charge in [0, 0.05) is 40.8 Å². The number of nitrogens with one attached hydrogen (secondary N) is 3. The highest BCUT2D eigenvalue weighted by Gasteiger charge is 2.21. The summed E-state index contributed by atoms with van der Waals surface area (Å²) in [5, 5.41) is 6.52. The smallest absolute Gasteiger partial charge is 0.328 e. The lowest BCUT2D eigenvalue weighted by Crippen LogP contribution is -2.40. The Hall–Kier alpha value is -2.88. The van der Waals surface area contributed by atoms with Crippen molar-refractivity contribution in [3.8, 4) is 0 Å². The number of benzene rings is 2. The fourth-order valence-corrected chi connectivity index (χ4v) is 3.36. The van der Waals surface area contributed by atoms with Crippen LogP contribution in [0.1, 0.15) is 16.9 Å². The molecule has 1 aromatic heterocycles. The molecule has 31 heavy (non-hydrogen) atoms. The summed E-state index contributed by atoms with van der Waals surface area (Å²) < 4.78 is 7.02. The van der Waals surface area contributed by atoms with Crippen molar-refractivity contribution in [2.24, 2.45) is 0 Å². The lowest BCUT2D eigenvalue weighted by molar-refractivity contribution is -0.136. The molecular formula is C21H20BrClN4O4. The van der Waals surface area contributed by atoms with E-state index in [1.165, 1.54) is 4.68 Å². The Bertz CT molecular complexity index is 1110. The minimum absolute atomic E-state index is 0.156. The third-order valence-electron chi connectivity index (χ3n) is 4.33. The molecule has 3 rings (SSSR count). The topological polar surface area (TPSA) is 101 Å². The number of anilines is 1. The van der Waals surface area contributed by atoms with Gasteiger partial charge in [-0.3, -0.25) is 19.8 Å². The monoisotopic (exact) mass is 506 g/mol. The number of aromatic nitrogens is 1. The first-order valence-electron chi connectivity index (χ1n) is 9.35. The summed E-state index contributed by atoms with van der Waals surface area (Å²) in [6.07, 6.45) is 0.574. The second-order valence-corrected chi connectivity index (χ2v) is 7.92. The number of rotatable bonds is 7. The predicted molar refractivity (Wildman–Crippen MR) is 123 cm³/mol. The Labute approximate surface area is 192 Å². The molecule has 0 saturated carbocycles. The van der Waals surface area contributed by atoms with Crippen molar-refractivity contribution < 1.29 is 19.1 Å². The first-order chi connectivity index (χ1) is 14.9. The maximum Gasteiger partial charge on any atom is 0.328 e. The van der Waals surface area contributed by atoms with Gasteiger partial charge in [-0.15, -0.1) is 0 Å². The van der Waals surface area contributed by atoms with Gasteiger partial charge >= 0.3 is 11.8 Å². The van der Waals surface area contributed by atoms with Crippen molar-refractivity contribution in [1.29, 1.82) is 0 Å². The Kier molecular flexibility index (Phi) is 7.67. The first-order valence-corrected chi connectivity index (χ1v) is 10.5. The largest absolute Gasteiger partial charge is 0.385 e. The molecule has 1 heterocycles. The van der Waals surface area contributed by atoms with E-state index < -0.39 is 17.7 Å². The average molecular weight is 508 g/mol. The number of carbonyl (C=O) groups is 3. The lowest BCUT2D eigenvalue weighted by atomic mass is 10.2. The van der Waals surface area contributed by atoms with Crippen LogP contribution in [0.5, 0.6) is 0 Å². The molecule has 3 N–H and O–H groups in total. The van der Waals surface area contributed by atoms with E-state index in [-0.39, 0.29) is 5.69 Å². The Morgan fingerprint density at radius 1 is 1.06 bits per heavy atom. The minimum Gasteiger partial charge on any atom is -0.385 e. The number of amides is 3. The number of nitrogens with zero attached hydrogens (tertiary/aromatic N) is 1. The third kappa shape index (κ3) is 5.84. The van der Waals surface area contributed by atoms with Crippen LogP contribution in [0.4, 0.5) is 5.69 Å². The summed E-state index contributed by atoms with van der Waals surface area (Å²) in [4.78, 5) is 37.5. The van der Waals surface area contributed by atoms with Crippen molar-refractivity contribution in [3.05, 3.63) is 63.7 Å². The summed E-state index contributed by atoms with van der Waals surface area (Å²) in [6, 6.07) is 13.6. The van der Waals surface area contributed by atoms with Crippen LogP contribution in [0.25, 0.3) is 10.9 Å². The molecule has 0 aliphatic rings. The maximum absolute atomic E-state index is 12.9. The SMILES string of the molecule is COCCCNC(=O)C(=O)Nn1c(C(=O)Nc2ccc(Cl)cc2)cc2cc(Br)ccc21. The van der Waals surface area contributed by atoms with E-state index in [1.807, 2.05) is 6.07 Å². The molecule has 8 nitrogen and oxygen atoms in total. The molecule has 0 fully saturated rings. The zero-order valence-corrected chi connectivity index (χ0v) is 18.9. The molecule has 0 bridgehead atoms. The molecule has 3 amide bonds. The van der Waals surface area contributed by atoms with Gasteiger partial charge in [-0.05, 0) is 55.0 Å². The highest BCUT2D eigenvalue weighted by molar-refractivity contribution is 9.10. The van der Waals surface area contributed by atoms with E-state index in [0.29, 0.717) is 41.2 Å². The van der Waals surface area contributed by atoms with Gasteiger partial charge in [0.15, 0.2) is 0 Å². The quantitative estimate of drug-likeness (QED) is 0.336. The molecule has 3 aromatic rings. The van der Waals surface area contributed by atoms with Crippen LogP contribution in [0.15, 0.2) is 53.0 Å². The molecule has 0 radical (unpaired) electrons. The first kappa shape index (κ1) is 22.8. The lowest BCUT2D eigenvalue weighted by Gasteiger charge is -2.13. The van der Waals surface area contributed by atoms with Gasteiger partial charge in [0.25, 0.3) is 5.91 Å². The summed E-state index contributed by atoms with van der Waals surface area (Å²) in [5.74, 6) is -2.16. The highest BCUT2D eigenvalue weighted by atomic mass is 79.9. The zero-order chi connectivity index (χ0) is 22.4. The summed E-state index contributed by atoms with van der Waals surface area (Å²) >= 11 is 9.28. The molecule has 0 spiro atoms. The molecule has 10 heteroatoms. The van der Waals surface area contributed by atoms with Crippen molar-refractivity contribution >= 4 is 61.8 Å². The van der Waals surface area contributed by atoms with Gasteiger partial charge in [-0.25, -0.2) is 4.68 Å². The van der Waals surface area contributed by atoms with E-state index in [1.54, 1.807) is 49.6 Å². The van der Waals surface area contributed by atoms with Crippen molar-refractivity contribution in [3.63, 3.8) is 0 Å². The number of hydrogen-bond acceptors (Lipinski definition) is 4. The molecular weight excluding hydrogens is 488 g/mol. The number of fused-ring (bicyclic) bond motifs is 1. The Morgan fingerprint density at radius 2 is 1.81 bits per heavy atom. The molecule has 0 atom stereocenters. The number of ether oxygens (including phenoxy) is 1. The summed E-state index contributed by atoms with van der Waals surface area (Å²) in [6.45, 7) is 0.761. The minimum atomic E-state index is -0.890. The number of methoxy groups -OCH3 is 1. The highest BCUT2D eigenvalue weighted by Crippen LogP contribution is 2.24. The van der Waals surface area contributed by atoms with Crippen LogP contribution in [0, 0.1) is 0 Å². The third-order valence-corrected chi connectivity index (χ3v) is 5.07. The summed E-state index contributed by atoms with van der Waals surface area (Å²) in [7, 11) is 1.56. The maximum atomic E-state index is 12.9. The average Bonchev–Trinajstić information content (AvgIpc) is 3.10. The Morgan fingerprint density at radius 3 is 2.52 bits per heavy atom. The normalized spacial score (nSPS) is 10.7. The van der Waals surface area contributed by atoms with Crippen LogP contribution in [0.3, 0.4) is 0 Å². The van der Waals surface area contributed by atoms with E-state index in [0.717, 1.165) is 4.47 Å². The standard InChI is InChI=1S/C21H20BrClN4O4/c1-31-10-2-9-24-20(29)21(30)26-27-17-8-3-14(22)11-13(17)12-18(27)19(28)25-16-6-4-15(23)5-7-16/h3-8,11-12H,2,9-10H2,1H3,(H,24,29)(H,25,28)(H,26,30). The fourth-order valence-electron chi connectivity index (χ4n) is 2.85. The van der Waals surface area contributed by atoms with E-state index in [4.69, 9.17) is 16.3 Å². The molecule has 0 unspecified atom stereocenters. The van der Waals surface area contributed by atoms with Crippen molar-refractivity contribution in [2.45, 2.75) is 6.42 Å². The Balaban J connectivity index is 1.84. The molecule has 0 aliphatic heterocycles.